The van der Waals surface area contributed by atoms with E-state index in [1.807, 2.05) is 0 Å². The molecule has 3 N–H and O–H groups in total. The standard InChI is InChI=1S/CH3NO5S/c3-1(4)2(5)8(6)7/h5H,(H,3,4)(H,6,7). The van der Waals surface area contributed by atoms with Crippen LogP contribution in [0.4, 0.5) is 4.79 Å². The first kappa shape index (κ1) is 7.34. The van der Waals surface area contributed by atoms with Crippen molar-refractivity contribution < 1.29 is 23.9 Å². The van der Waals surface area contributed by atoms with Crippen LogP contribution in [0.2, 0.25) is 0 Å². The van der Waals surface area contributed by atoms with Crippen LogP contribution in [0.1, 0.15) is 0 Å². The summed E-state index contributed by atoms with van der Waals surface area (Å²) in [5, 5.41) is 15.6. The molecule has 0 saturated heterocycles. The van der Waals surface area contributed by atoms with E-state index in [-0.39, 0.29) is 0 Å². The molecule has 1 amide bonds. The summed E-state index contributed by atoms with van der Waals surface area (Å²) in [4.78, 5) is 9.46. The molecular formula is CH3NO5S. The highest BCUT2D eigenvalue weighted by molar-refractivity contribution is 7.77. The molecule has 7 heteroatoms. The van der Waals surface area contributed by atoms with Crippen LogP contribution in [0.3, 0.4) is 0 Å². The van der Waals surface area contributed by atoms with Crippen LogP contribution in [-0.2, 0) is 11.3 Å². The molecule has 0 aliphatic rings. The molecule has 0 rings (SSSR count). The van der Waals surface area contributed by atoms with Gasteiger partial charge in [0.2, 0.25) is 0 Å². The van der Waals surface area contributed by atoms with E-state index in [0.29, 0.717) is 0 Å². The predicted octanol–water partition coefficient (Wildman–Crippen LogP) is -0.508. The Morgan fingerprint density at radius 3 is 2.00 bits per heavy atom. The van der Waals surface area contributed by atoms with Gasteiger partial charge in [0, 0.05) is 0 Å². The molecule has 0 aliphatic carbocycles. The fourth-order valence-electron chi connectivity index (χ4n) is 0.0668. The molecule has 0 radical (unpaired) electrons. The smallest absolute Gasteiger partial charge is 0.446 e. The van der Waals surface area contributed by atoms with Gasteiger partial charge >= 0.3 is 6.09 Å². The zero-order chi connectivity index (χ0) is 6.73. The summed E-state index contributed by atoms with van der Waals surface area (Å²) in [6.07, 6.45) is -1.87. The number of amides is 1. The second kappa shape index (κ2) is 2.60. The Balaban J connectivity index is 3.83. The van der Waals surface area contributed by atoms with Crippen LogP contribution in [0.5, 0.6) is 0 Å². The number of carboxylic acid groups (broad SMARTS) is 1. The lowest BCUT2D eigenvalue weighted by atomic mass is 11.3. The van der Waals surface area contributed by atoms with Crippen molar-refractivity contribution in [1.82, 2.24) is 4.47 Å². The van der Waals surface area contributed by atoms with Crippen LogP contribution < -0.4 is 0 Å². The summed E-state index contributed by atoms with van der Waals surface area (Å²) in [5.41, 5.74) is 0. The Kier molecular flexibility index (Phi) is 2.38. The maximum absolute atomic E-state index is 9.55. The summed E-state index contributed by atoms with van der Waals surface area (Å²) < 4.78 is 16.6. The van der Waals surface area contributed by atoms with Crippen molar-refractivity contribution in [2.75, 3.05) is 0 Å². The van der Waals surface area contributed by atoms with E-state index in [9.17, 15) is 9.00 Å². The van der Waals surface area contributed by atoms with Crippen molar-refractivity contribution in [3.05, 3.63) is 0 Å². The highest BCUT2D eigenvalue weighted by Gasteiger charge is 2.12. The Morgan fingerprint density at radius 2 is 2.00 bits per heavy atom. The molecule has 0 aromatic rings. The minimum absolute atomic E-state index is 0.722. The van der Waals surface area contributed by atoms with Gasteiger partial charge in [-0.3, -0.25) is 9.76 Å². The minimum Gasteiger partial charge on any atom is -0.463 e. The highest BCUT2D eigenvalue weighted by Crippen LogP contribution is 1.83. The maximum Gasteiger partial charge on any atom is 0.446 e. The van der Waals surface area contributed by atoms with E-state index < -0.39 is 21.8 Å². The van der Waals surface area contributed by atoms with Gasteiger partial charge in [-0.25, -0.2) is 9.00 Å². The Morgan fingerprint density at radius 1 is 1.62 bits per heavy atom. The zero-order valence-corrected chi connectivity index (χ0v) is 4.33. The number of hydroxylamine groups is 1. The van der Waals surface area contributed by atoms with Gasteiger partial charge in [-0.05, 0) is 0 Å². The second-order valence-corrected chi connectivity index (χ2v) is 1.59. The van der Waals surface area contributed by atoms with Gasteiger partial charge in [-0.1, -0.05) is 4.47 Å². The SMILES string of the molecule is O=C(O)N(O)S(=O)O. The number of nitrogens with zero attached hydrogens (tertiary/aromatic N) is 1. The Bertz CT molecular complexity index is 108. The number of carbonyl (C=O) groups is 1. The van der Waals surface area contributed by atoms with Gasteiger partial charge in [0.15, 0.2) is 0 Å². The monoisotopic (exact) mass is 141 g/mol. The molecule has 0 aromatic carbocycles. The lowest BCUT2D eigenvalue weighted by molar-refractivity contribution is 0.0130. The zero-order valence-electron chi connectivity index (χ0n) is 3.51. The molecular weight excluding hydrogens is 138 g/mol. The van der Waals surface area contributed by atoms with Crippen molar-refractivity contribution in [2.45, 2.75) is 0 Å². The van der Waals surface area contributed by atoms with Crippen LogP contribution in [0, 0.1) is 0 Å². The third kappa shape index (κ3) is 1.87. The number of rotatable bonds is 1. The molecule has 6 nitrogen and oxygen atoms in total. The van der Waals surface area contributed by atoms with E-state index in [1.54, 1.807) is 0 Å². The summed E-state index contributed by atoms with van der Waals surface area (Å²) in [7, 11) is 0. The van der Waals surface area contributed by atoms with Crippen molar-refractivity contribution in [3.8, 4) is 0 Å². The van der Waals surface area contributed by atoms with Crippen LogP contribution >= 0.6 is 0 Å². The summed E-state index contributed by atoms with van der Waals surface area (Å²) in [6, 6.07) is 0. The average Bonchev–Trinajstić information content (AvgIpc) is 1.64. The van der Waals surface area contributed by atoms with Gasteiger partial charge < -0.3 is 5.11 Å². The molecule has 1 atom stereocenters. The first-order valence-corrected chi connectivity index (χ1v) is 2.45. The first-order chi connectivity index (χ1) is 3.55. The van der Waals surface area contributed by atoms with E-state index >= 15 is 0 Å². The van der Waals surface area contributed by atoms with Gasteiger partial charge in [0.05, 0.1) is 0 Å². The van der Waals surface area contributed by atoms with Gasteiger partial charge in [-0.15, -0.1) is 0 Å². The molecule has 1 unspecified atom stereocenters. The summed E-state index contributed by atoms with van der Waals surface area (Å²) in [6.45, 7) is 0. The molecule has 0 spiro atoms. The normalized spacial score (nSPS) is 12.8. The van der Waals surface area contributed by atoms with Gasteiger partial charge in [0.25, 0.3) is 11.3 Å². The lowest BCUT2D eigenvalue weighted by Crippen LogP contribution is -2.26. The quantitative estimate of drug-likeness (QED) is 0.259. The topological polar surface area (TPSA) is 98.1 Å². The number of hydrogen-bond acceptors (Lipinski definition) is 3. The molecule has 0 saturated carbocycles. The van der Waals surface area contributed by atoms with E-state index in [1.165, 1.54) is 0 Å². The first-order valence-electron chi connectivity index (χ1n) is 1.38. The fourth-order valence-corrected chi connectivity index (χ4v) is 0.200. The molecule has 0 heterocycles. The second-order valence-electron chi connectivity index (χ2n) is 0.786. The Labute approximate surface area is 46.7 Å². The largest absolute Gasteiger partial charge is 0.463 e. The van der Waals surface area contributed by atoms with Gasteiger partial charge in [-0.2, -0.15) is 0 Å². The number of hydrogen-bond donors (Lipinski definition) is 3. The molecule has 0 bridgehead atoms. The van der Waals surface area contributed by atoms with Crippen LogP contribution in [0.15, 0.2) is 0 Å². The molecule has 8 heavy (non-hydrogen) atoms. The molecule has 0 fully saturated rings. The van der Waals surface area contributed by atoms with Crippen LogP contribution in [0.25, 0.3) is 0 Å². The maximum atomic E-state index is 9.55. The van der Waals surface area contributed by atoms with Gasteiger partial charge in [0.1, 0.15) is 0 Å². The van der Waals surface area contributed by atoms with Crippen LogP contribution in [-0.4, -0.2) is 29.6 Å². The van der Waals surface area contributed by atoms with E-state index in [2.05, 4.69) is 0 Å². The molecule has 0 aromatic heterocycles. The minimum atomic E-state index is -2.85. The van der Waals surface area contributed by atoms with E-state index in [0.717, 1.165) is 0 Å². The summed E-state index contributed by atoms with van der Waals surface area (Å²) in [5.74, 6) is 0. The molecule has 48 valence electrons. The highest BCUT2D eigenvalue weighted by atomic mass is 32.2. The molecule has 0 aliphatic heterocycles. The fraction of sp³-hybridized carbons (Fsp3) is 0. The average molecular weight is 141 g/mol. The van der Waals surface area contributed by atoms with Crippen molar-refractivity contribution in [3.63, 3.8) is 0 Å². The third-order valence-corrected chi connectivity index (χ3v) is 0.764. The Hall–Kier alpha value is -0.660. The lowest BCUT2D eigenvalue weighted by Gasteiger charge is -2.00. The van der Waals surface area contributed by atoms with Crippen molar-refractivity contribution in [1.29, 1.82) is 0 Å². The van der Waals surface area contributed by atoms with Crippen molar-refractivity contribution in [2.24, 2.45) is 0 Å². The predicted molar refractivity (Wildman–Crippen MR) is 22.4 cm³/mol. The van der Waals surface area contributed by atoms with E-state index in [4.69, 9.17) is 14.9 Å². The summed E-state index contributed by atoms with van der Waals surface area (Å²) >= 11 is -2.85. The third-order valence-electron chi connectivity index (χ3n) is 0.312. The van der Waals surface area contributed by atoms with Crippen molar-refractivity contribution >= 4 is 17.4 Å².